The van der Waals surface area contributed by atoms with Gasteiger partial charge in [-0.05, 0) is 18.6 Å². The first kappa shape index (κ1) is 15.0. The minimum absolute atomic E-state index is 0.00832. The zero-order chi connectivity index (χ0) is 14.1. The summed E-state index contributed by atoms with van der Waals surface area (Å²) in [5.41, 5.74) is 2.93. The molecule has 0 heterocycles. The maximum absolute atomic E-state index is 11.4. The molecule has 104 valence electrons. The molecule has 0 unspecified atom stereocenters. The van der Waals surface area contributed by atoms with Crippen molar-refractivity contribution in [2.24, 2.45) is 5.10 Å². The highest BCUT2D eigenvalue weighted by molar-refractivity contribution is 5.86. The summed E-state index contributed by atoms with van der Waals surface area (Å²) in [6.45, 7) is 2.08. The van der Waals surface area contributed by atoms with E-state index in [4.69, 9.17) is 4.74 Å². The molecule has 0 aliphatic carbocycles. The molecule has 5 nitrogen and oxygen atoms in total. The molecule has 0 atom stereocenters. The van der Waals surface area contributed by atoms with Crippen LogP contribution in [-0.2, 0) is 4.79 Å². The van der Waals surface area contributed by atoms with Gasteiger partial charge in [-0.1, -0.05) is 25.8 Å². The predicted molar refractivity (Wildman–Crippen MR) is 74.5 cm³/mol. The number of amides is 1. The molecule has 0 saturated carbocycles. The standard InChI is InChI=1S/C14H20N2O3/c1-3-4-5-9-13(17)16-15-10-11-7-6-8-12(19-2)14(11)18/h6-8,10,18H,3-5,9H2,1-2H3,(H,16,17)/b15-10-. The zero-order valence-electron chi connectivity index (χ0n) is 11.3. The number of unbranched alkanes of at least 4 members (excludes halogenated alkanes) is 2. The lowest BCUT2D eigenvalue weighted by Gasteiger charge is -2.04. The molecule has 0 aromatic heterocycles. The van der Waals surface area contributed by atoms with Crippen LogP contribution in [0.3, 0.4) is 0 Å². The maximum Gasteiger partial charge on any atom is 0.240 e. The van der Waals surface area contributed by atoms with Crippen molar-refractivity contribution in [1.29, 1.82) is 0 Å². The summed E-state index contributed by atoms with van der Waals surface area (Å²) in [7, 11) is 1.48. The van der Waals surface area contributed by atoms with Crippen LogP contribution in [-0.4, -0.2) is 24.3 Å². The van der Waals surface area contributed by atoms with Gasteiger partial charge < -0.3 is 9.84 Å². The van der Waals surface area contributed by atoms with Crippen molar-refractivity contribution in [3.8, 4) is 11.5 Å². The number of carbonyl (C=O) groups excluding carboxylic acids is 1. The van der Waals surface area contributed by atoms with Crippen LogP contribution in [0.1, 0.15) is 38.2 Å². The second kappa shape index (κ2) is 8.13. The van der Waals surface area contributed by atoms with Crippen molar-refractivity contribution in [3.63, 3.8) is 0 Å². The average Bonchev–Trinajstić information content (AvgIpc) is 2.41. The monoisotopic (exact) mass is 264 g/mol. The number of hydrazone groups is 1. The van der Waals surface area contributed by atoms with Gasteiger partial charge in [0.25, 0.3) is 0 Å². The lowest BCUT2D eigenvalue weighted by atomic mass is 10.2. The molecule has 0 radical (unpaired) electrons. The van der Waals surface area contributed by atoms with Gasteiger partial charge in [-0.15, -0.1) is 0 Å². The first-order chi connectivity index (χ1) is 9.19. The number of ether oxygens (including phenoxy) is 1. The lowest BCUT2D eigenvalue weighted by Crippen LogP contribution is -2.16. The highest BCUT2D eigenvalue weighted by atomic mass is 16.5. The second-order valence-corrected chi connectivity index (χ2v) is 4.15. The average molecular weight is 264 g/mol. The number of methoxy groups -OCH3 is 1. The minimum Gasteiger partial charge on any atom is -0.504 e. The normalized spacial score (nSPS) is 10.6. The second-order valence-electron chi connectivity index (χ2n) is 4.15. The summed E-state index contributed by atoms with van der Waals surface area (Å²) >= 11 is 0. The molecule has 19 heavy (non-hydrogen) atoms. The number of carbonyl (C=O) groups is 1. The largest absolute Gasteiger partial charge is 0.504 e. The summed E-state index contributed by atoms with van der Waals surface area (Å²) in [5.74, 6) is 0.263. The number of hydrogen-bond acceptors (Lipinski definition) is 4. The first-order valence-electron chi connectivity index (χ1n) is 6.37. The van der Waals surface area contributed by atoms with E-state index in [-0.39, 0.29) is 11.7 Å². The topological polar surface area (TPSA) is 70.9 Å². The van der Waals surface area contributed by atoms with Crippen molar-refractivity contribution < 1.29 is 14.6 Å². The molecule has 2 N–H and O–H groups in total. The van der Waals surface area contributed by atoms with E-state index in [0.717, 1.165) is 19.3 Å². The first-order valence-corrected chi connectivity index (χ1v) is 6.37. The van der Waals surface area contributed by atoms with E-state index in [2.05, 4.69) is 17.5 Å². The van der Waals surface area contributed by atoms with Crippen LogP contribution in [0.2, 0.25) is 0 Å². The molecule has 0 saturated heterocycles. The van der Waals surface area contributed by atoms with Crippen LogP contribution in [0.15, 0.2) is 23.3 Å². The van der Waals surface area contributed by atoms with Crippen molar-refractivity contribution >= 4 is 12.1 Å². The van der Waals surface area contributed by atoms with Crippen molar-refractivity contribution in [1.82, 2.24) is 5.43 Å². The van der Waals surface area contributed by atoms with E-state index in [1.54, 1.807) is 18.2 Å². The molecule has 1 rings (SSSR count). The summed E-state index contributed by atoms with van der Waals surface area (Å²) < 4.78 is 4.98. The summed E-state index contributed by atoms with van der Waals surface area (Å²) in [6, 6.07) is 5.07. The van der Waals surface area contributed by atoms with Gasteiger partial charge >= 0.3 is 0 Å². The van der Waals surface area contributed by atoms with Crippen LogP contribution in [0, 0.1) is 0 Å². The van der Waals surface area contributed by atoms with Gasteiger partial charge in [0, 0.05) is 12.0 Å². The molecule has 1 aromatic rings. The third-order valence-corrected chi connectivity index (χ3v) is 2.65. The fraction of sp³-hybridized carbons (Fsp3) is 0.429. The smallest absolute Gasteiger partial charge is 0.240 e. The van der Waals surface area contributed by atoms with Crippen LogP contribution >= 0.6 is 0 Å². The quantitative estimate of drug-likeness (QED) is 0.451. The molecular formula is C14H20N2O3. The highest BCUT2D eigenvalue weighted by Gasteiger charge is 2.05. The molecule has 1 aromatic carbocycles. The Labute approximate surface area is 113 Å². The Kier molecular flexibility index (Phi) is 6.43. The van der Waals surface area contributed by atoms with Gasteiger partial charge in [0.2, 0.25) is 5.91 Å². The Morgan fingerprint density at radius 2 is 2.26 bits per heavy atom. The fourth-order valence-corrected chi connectivity index (χ4v) is 1.57. The van der Waals surface area contributed by atoms with Crippen LogP contribution < -0.4 is 10.2 Å². The summed E-state index contributed by atoms with van der Waals surface area (Å²) in [5, 5.41) is 13.6. The van der Waals surface area contributed by atoms with Crippen LogP contribution in [0.5, 0.6) is 11.5 Å². The number of nitrogens with zero attached hydrogens (tertiary/aromatic N) is 1. The van der Waals surface area contributed by atoms with E-state index >= 15 is 0 Å². The van der Waals surface area contributed by atoms with E-state index < -0.39 is 0 Å². The number of phenolic OH excluding ortho intramolecular Hbond substituents is 1. The number of phenols is 1. The Morgan fingerprint density at radius 1 is 1.47 bits per heavy atom. The van der Waals surface area contributed by atoms with E-state index in [0.29, 0.717) is 17.7 Å². The van der Waals surface area contributed by atoms with E-state index in [9.17, 15) is 9.90 Å². The van der Waals surface area contributed by atoms with Gasteiger partial charge in [0.1, 0.15) is 0 Å². The number of hydrogen-bond donors (Lipinski definition) is 2. The van der Waals surface area contributed by atoms with Gasteiger partial charge in [0.15, 0.2) is 11.5 Å². The van der Waals surface area contributed by atoms with Gasteiger partial charge in [0.05, 0.1) is 13.3 Å². The fourth-order valence-electron chi connectivity index (χ4n) is 1.57. The lowest BCUT2D eigenvalue weighted by molar-refractivity contribution is -0.121. The van der Waals surface area contributed by atoms with Crippen LogP contribution in [0.4, 0.5) is 0 Å². The molecular weight excluding hydrogens is 244 g/mol. The molecule has 0 bridgehead atoms. The van der Waals surface area contributed by atoms with Gasteiger partial charge in [-0.3, -0.25) is 4.79 Å². The maximum atomic E-state index is 11.4. The highest BCUT2D eigenvalue weighted by Crippen LogP contribution is 2.27. The Morgan fingerprint density at radius 3 is 2.95 bits per heavy atom. The predicted octanol–water partition coefficient (Wildman–Crippen LogP) is 2.43. The molecule has 1 amide bonds. The number of nitrogens with one attached hydrogen (secondary N) is 1. The number of rotatable bonds is 7. The minimum atomic E-state index is -0.118. The molecule has 5 heteroatoms. The molecule has 0 aliphatic heterocycles. The van der Waals surface area contributed by atoms with Crippen molar-refractivity contribution in [3.05, 3.63) is 23.8 Å². The number of aromatic hydroxyl groups is 1. The Balaban J connectivity index is 2.51. The Bertz CT molecular complexity index is 444. The van der Waals surface area contributed by atoms with Gasteiger partial charge in [-0.2, -0.15) is 5.10 Å². The Hall–Kier alpha value is -2.04. The zero-order valence-corrected chi connectivity index (χ0v) is 11.3. The summed E-state index contributed by atoms with van der Waals surface area (Å²) in [6.07, 6.45) is 4.84. The van der Waals surface area contributed by atoms with Gasteiger partial charge in [-0.25, -0.2) is 5.43 Å². The third kappa shape index (κ3) is 4.99. The molecule has 0 aliphatic rings. The van der Waals surface area contributed by atoms with Crippen molar-refractivity contribution in [2.75, 3.05) is 7.11 Å². The van der Waals surface area contributed by atoms with E-state index in [1.807, 2.05) is 0 Å². The number of para-hydroxylation sites is 1. The van der Waals surface area contributed by atoms with Crippen molar-refractivity contribution in [2.45, 2.75) is 32.6 Å². The summed E-state index contributed by atoms with van der Waals surface area (Å²) in [4.78, 5) is 11.4. The molecule has 0 spiro atoms. The third-order valence-electron chi connectivity index (χ3n) is 2.65. The van der Waals surface area contributed by atoms with E-state index in [1.165, 1.54) is 13.3 Å². The number of benzene rings is 1. The van der Waals surface area contributed by atoms with Crippen LogP contribution in [0.25, 0.3) is 0 Å². The SMILES string of the molecule is CCCCCC(=O)N/N=C\c1cccc(OC)c1O. The molecule has 0 fully saturated rings.